The molecule has 1 fully saturated rings. The van der Waals surface area contributed by atoms with Gasteiger partial charge in [-0.2, -0.15) is 4.31 Å². The summed E-state index contributed by atoms with van der Waals surface area (Å²) in [6.45, 7) is 5.98. The molecule has 11 heteroatoms. The average molecular weight is 493 g/mol. The van der Waals surface area contributed by atoms with Crippen LogP contribution in [-0.2, 0) is 23.3 Å². The molecule has 0 bridgehead atoms. The molecule has 176 valence electrons. The predicted molar refractivity (Wildman–Crippen MR) is 122 cm³/mol. The highest BCUT2D eigenvalue weighted by Crippen LogP contribution is 2.22. The molecule has 0 spiro atoms. The number of ether oxygens (including phenoxy) is 1. The van der Waals surface area contributed by atoms with E-state index in [1.54, 1.807) is 10.7 Å². The normalized spacial score (nSPS) is 15.6. The topological polar surface area (TPSA) is 80.8 Å². The Morgan fingerprint density at radius 3 is 2.48 bits per heavy atom. The number of hydrogen-bond donors (Lipinski definition) is 0. The van der Waals surface area contributed by atoms with E-state index in [-0.39, 0.29) is 17.3 Å². The number of aryl methyl sites for hydroxylation is 2. The first-order valence-electron chi connectivity index (χ1n) is 10.5. The van der Waals surface area contributed by atoms with Crippen LogP contribution in [0.5, 0.6) is 5.75 Å². The second-order valence-corrected chi connectivity index (χ2v) is 10.2. The molecule has 2 heterocycles. The van der Waals surface area contributed by atoms with Crippen molar-refractivity contribution in [2.75, 3.05) is 26.2 Å². The summed E-state index contributed by atoms with van der Waals surface area (Å²) in [6.07, 6.45) is 0. The lowest BCUT2D eigenvalue weighted by atomic mass is 10.2. The molecular formula is C22H25FN4O4S2. The summed E-state index contributed by atoms with van der Waals surface area (Å²) >= 11 is 5.26. The Morgan fingerprint density at radius 1 is 1.09 bits per heavy atom. The summed E-state index contributed by atoms with van der Waals surface area (Å²) in [5.74, 6) is 0.458. The Morgan fingerprint density at radius 2 is 1.79 bits per heavy atom. The van der Waals surface area contributed by atoms with Gasteiger partial charge in [-0.15, -0.1) is 5.10 Å². The third-order valence-electron chi connectivity index (χ3n) is 5.45. The first-order chi connectivity index (χ1) is 15.7. The molecule has 33 heavy (non-hydrogen) atoms. The number of rotatable bonds is 7. The van der Waals surface area contributed by atoms with Gasteiger partial charge in [0.05, 0.1) is 11.6 Å². The molecule has 4 rings (SSSR count). The Hall–Kier alpha value is -2.60. The average Bonchev–Trinajstić information content (AvgIpc) is 3.14. The molecule has 1 aromatic heterocycles. The number of aromatic nitrogens is 2. The molecule has 0 amide bonds. The van der Waals surface area contributed by atoms with E-state index in [9.17, 15) is 12.8 Å². The van der Waals surface area contributed by atoms with Gasteiger partial charge in [-0.05, 0) is 67.5 Å². The van der Waals surface area contributed by atoms with Crippen LogP contribution in [-0.4, -0.2) is 53.6 Å². The maximum Gasteiger partial charge on any atom is 0.288 e. The lowest BCUT2D eigenvalue weighted by Gasteiger charge is -2.33. The van der Waals surface area contributed by atoms with Gasteiger partial charge >= 0.3 is 0 Å². The van der Waals surface area contributed by atoms with Gasteiger partial charge in [-0.3, -0.25) is 4.90 Å². The first kappa shape index (κ1) is 23.6. The van der Waals surface area contributed by atoms with Crippen molar-refractivity contribution in [3.05, 3.63) is 70.1 Å². The standard InChI is InChI=1S/C22H25FN4O4S2/c1-16-3-4-17(2)20(13-16)33(28,29)26-11-9-25(10-12-26)15-27-22(32)31-21(24-27)14-30-19-7-5-18(23)6-8-19/h3-8,13H,9-12,14-15H2,1-2H3. The van der Waals surface area contributed by atoms with Gasteiger partial charge in [-0.1, -0.05) is 12.1 Å². The van der Waals surface area contributed by atoms with Crippen molar-refractivity contribution in [3.8, 4) is 5.75 Å². The molecule has 2 aromatic carbocycles. The van der Waals surface area contributed by atoms with Crippen molar-refractivity contribution in [1.82, 2.24) is 19.0 Å². The van der Waals surface area contributed by atoms with Crippen LogP contribution in [0.15, 0.2) is 51.8 Å². The highest BCUT2D eigenvalue weighted by atomic mass is 32.2. The summed E-state index contributed by atoms with van der Waals surface area (Å²) in [5, 5.41) is 4.35. The fraction of sp³-hybridized carbons (Fsp3) is 0.364. The molecule has 0 atom stereocenters. The molecular weight excluding hydrogens is 467 g/mol. The van der Waals surface area contributed by atoms with Crippen molar-refractivity contribution >= 4 is 22.2 Å². The smallest absolute Gasteiger partial charge is 0.288 e. The highest BCUT2D eigenvalue weighted by molar-refractivity contribution is 7.89. The van der Waals surface area contributed by atoms with Crippen LogP contribution in [0.1, 0.15) is 17.0 Å². The van der Waals surface area contributed by atoms with Gasteiger partial charge in [0.15, 0.2) is 6.61 Å². The summed E-state index contributed by atoms with van der Waals surface area (Å²) < 4.78 is 53.3. The zero-order chi connectivity index (χ0) is 23.6. The minimum atomic E-state index is -3.55. The number of piperazine rings is 1. The van der Waals surface area contributed by atoms with Gasteiger partial charge in [-0.25, -0.2) is 17.5 Å². The van der Waals surface area contributed by atoms with Crippen molar-refractivity contribution in [3.63, 3.8) is 0 Å². The van der Waals surface area contributed by atoms with Crippen molar-refractivity contribution < 1.29 is 22.0 Å². The van der Waals surface area contributed by atoms with E-state index in [1.165, 1.54) is 28.6 Å². The predicted octanol–water partition coefficient (Wildman–Crippen LogP) is 3.50. The third kappa shape index (κ3) is 5.49. The molecule has 8 nitrogen and oxygen atoms in total. The van der Waals surface area contributed by atoms with E-state index in [1.807, 2.05) is 26.0 Å². The van der Waals surface area contributed by atoms with Crippen molar-refractivity contribution in [2.24, 2.45) is 0 Å². The summed E-state index contributed by atoms with van der Waals surface area (Å²) in [4.78, 5) is 2.64. The number of halogens is 1. The van der Waals surface area contributed by atoms with Gasteiger partial charge in [0.25, 0.3) is 10.7 Å². The SMILES string of the molecule is Cc1ccc(C)c(S(=O)(=O)N2CCN(Cn3nc(COc4ccc(F)cc4)oc3=S)CC2)c1. The fourth-order valence-corrected chi connectivity index (χ4v) is 5.52. The molecule has 0 unspecified atom stereocenters. The Kier molecular flexibility index (Phi) is 6.94. The molecule has 1 saturated heterocycles. The van der Waals surface area contributed by atoms with Crippen molar-refractivity contribution in [2.45, 2.75) is 32.0 Å². The highest BCUT2D eigenvalue weighted by Gasteiger charge is 2.30. The summed E-state index contributed by atoms with van der Waals surface area (Å²) in [7, 11) is -3.55. The van der Waals surface area contributed by atoms with Gasteiger partial charge in [0, 0.05) is 26.2 Å². The molecule has 0 N–H and O–H groups in total. The Bertz CT molecular complexity index is 1280. The second-order valence-electron chi connectivity index (χ2n) is 7.94. The lowest BCUT2D eigenvalue weighted by Crippen LogP contribution is -2.49. The fourth-order valence-electron chi connectivity index (χ4n) is 3.60. The number of sulfonamides is 1. The van der Waals surface area contributed by atoms with E-state index in [4.69, 9.17) is 21.4 Å². The first-order valence-corrected chi connectivity index (χ1v) is 12.3. The van der Waals surface area contributed by atoms with Crippen LogP contribution in [0.3, 0.4) is 0 Å². The van der Waals surface area contributed by atoms with Gasteiger partial charge in [0.1, 0.15) is 11.6 Å². The quantitative estimate of drug-likeness (QED) is 0.467. The Balaban J connectivity index is 1.35. The monoisotopic (exact) mass is 492 g/mol. The molecule has 3 aromatic rings. The van der Waals surface area contributed by atoms with E-state index < -0.39 is 10.0 Å². The third-order valence-corrected chi connectivity index (χ3v) is 7.79. The van der Waals surface area contributed by atoms with E-state index in [0.29, 0.717) is 49.4 Å². The lowest BCUT2D eigenvalue weighted by molar-refractivity contribution is 0.143. The minimum Gasteiger partial charge on any atom is -0.484 e. The largest absolute Gasteiger partial charge is 0.484 e. The van der Waals surface area contributed by atoms with Crippen LogP contribution in [0.25, 0.3) is 0 Å². The van der Waals surface area contributed by atoms with Crippen molar-refractivity contribution in [1.29, 1.82) is 0 Å². The summed E-state index contributed by atoms with van der Waals surface area (Å²) in [6, 6.07) is 11.1. The van der Waals surface area contributed by atoms with Crippen LogP contribution >= 0.6 is 12.2 Å². The zero-order valence-electron chi connectivity index (χ0n) is 18.4. The molecule has 1 aliphatic heterocycles. The molecule has 0 aliphatic carbocycles. The van der Waals surface area contributed by atoms with Crippen LogP contribution in [0.4, 0.5) is 4.39 Å². The van der Waals surface area contributed by atoms with Gasteiger partial charge in [0.2, 0.25) is 10.0 Å². The van der Waals surface area contributed by atoms with E-state index in [2.05, 4.69) is 10.00 Å². The summed E-state index contributed by atoms with van der Waals surface area (Å²) in [5.41, 5.74) is 1.66. The van der Waals surface area contributed by atoms with E-state index >= 15 is 0 Å². The number of hydrogen-bond acceptors (Lipinski definition) is 7. The van der Waals surface area contributed by atoms with Crippen LogP contribution < -0.4 is 4.74 Å². The van der Waals surface area contributed by atoms with E-state index in [0.717, 1.165) is 11.1 Å². The Labute approximate surface area is 197 Å². The number of nitrogens with zero attached hydrogens (tertiary/aromatic N) is 4. The zero-order valence-corrected chi connectivity index (χ0v) is 20.0. The molecule has 1 aliphatic rings. The minimum absolute atomic E-state index is 0.0597. The molecule has 0 saturated carbocycles. The maximum atomic E-state index is 13.1. The second kappa shape index (κ2) is 9.72. The van der Waals surface area contributed by atoms with Crippen LogP contribution in [0.2, 0.25) is 0 Å². The molecule has 0 radical (unpaired) electrons. The number of benzene rings is 2. The van der Waals surface area contributed by atoms with Gasteiger partial charge < -0.3 is 9.15 Å². The maximum absolute atomic E-state index is 13.1. The van der Waals surface area contributed by atoms with Crippen LogP contribution in [0, 0.1) is 24.5 Å².